The first-order chi connectivity index (χ1) is 9.42. The van der Waals surface area contributed by atoms with Crippen LogP contribution in [-0.2, 0) is 9.59 Å². The largest absolute Gasteiger partial charge is 0.341 e. The van der Waals surface area contributed by atoms with E-state index in [0.717, 1.165) is 45.3 Å². The Morgan fingerprint density at radius 2 is 1.65 bits per heavy atom. The van der Waals surface area contributed by atoms with Gasteiger partial charge in [-0.05, 0) is 37.8 Å². The van der Waals surface area contributed by atoms with Crippen molar-refractivity contribution in [1.82, 2.24) is 9.80 Å². The molecule has 0 aromatic carbocycles. The zero-order valence-corrected chi connectivity index (χ0v) is 13.5. The number of piperidine rings is 1. The highest BCUT2D eigenvalue weighted by molar-refractivity contribution is 5.78. The molecule has 0 atom stereocenters. The Morgan fingerprint density at radius 1 is 1.15 bits per heavy atom. The van der Waals surface area contributed by atoms with Gasteiger partial charge in [0.1, 0.15) is 6.29 Å². The molecule has 0 radical (unpaired) electrons. The topological polar surface area (TPSA) is 40.6 Å². The molecule has 20 heavy (non-hydrogen) atoms. The number of carbonyl (C=O) groups excluding carboxylic acids is 2. The van der Waals surface area contributed by atoms with Gasteiger partial charge in [0.15, 0.2) is 0 Å². The molecule has 0 aromatic heterocycles. The van der Waals surface area contributed by atoms with Gasteiger partial charge < -0.3 is 9.69 Å². The lowest BCUT2D eigenvalue weighted by Crippen LogP contribution is -2.45. The maximum atomic E-state index is 12.4. The first-order valence-corrected chi connectivity index (χ1v) is 7.87. The average Bonchev–Trinajstić information content (AvgIpc) is 2.37. The van der Waals surface area contributed by atoms with E-state index in [2.05, 4.69) is 32.6 Å². The van der Waals surface area contributed by atoms with Crippen molar-refractivity contribution in [2.45, 2.75) is 40.5 Å². The van der Waals surface area contributed by atoms with Crippen LogP contribution in [0.1, 0.15) is 40.5 Å². The van der Waals surface area contributed by atoms with E-state index in [1.807, 2.05) is 4.90 Å². The first-order valence-electron chi connectivity index (χ1n) is 7.87. The summed E-state index contributed by atoms with van der Waals surface area (Å²) >= 11 is 0. The van der Waals surface area contributed by atoms with Gasteiger partial charge in [-0.2, -0.15) is 0 Å². The molecule has 0 unspecified atom stereocenters. The van der Waals surface area contributed by atoms with Crippen LogP contribution in [0.3, 0.4) is 0 Å². The van der Waals surface area contributed by atoms with Crippen LogP contribution in [0.15, 0.2) is 0 Å². The summed E-state index contributed by atoms with van der Waals surface area (Å²) in [6.07, 6.45) is 2.85. The van der Waals surface area contributed by atoms with Gasteiger partial charge in [0.2, 0.25) is 5.91 Å². The Hall–Kier alpha value is -0.900. The molecule has 1 amide bonds. The second-order valence-corrected chi connectivity index (χ2v) is 6.84. The summed E-state index contributed by atoms with van der Waals surface area (Å²) in [5.74, 6) is 1.43. The second-order valence-electron chi connectivity index (χ2n) is 6.84. The van der Waals surface area contributed by atoms with Crippen molar-refractivity contribution in [2.24, 2.45) is 17.8 Å². The summed E-state index contributed by atoms with van der Waals surface area (Å²) in [7, 11) is 0. The zero-order chi connectivity index (χ0) is 15.1. The molecule has 1 aliphatic rings. The minimum atomic E-state index is 0.198. The maximum absolute atomic E-state index is 12.4. The van der Waals surface area contributed by atoms with Crippen molar-refractivity contribution in [3.05, 3.63) is 0 Å². The van der Waals surface area contributed by atoms with Gasteiger partial charge in [-0.15, -0.1) is 0 Å². The van der Waals surface area contributed by atoms with E-state index in [0.29, 0.717) is 18.4 Å². The molecule has 1 fully saturated rings. The average molecular weight is 282 g/mol. The SMILES string of the molecule is CC(C)CN(CC(C)C)C(=O)CN1CCC(C=O)CC1. The van der Waals surface area contributed by atoms with E-state index in [1.165, 1.54) is 0 Å². The van der Waals surface area contributed by atoms with E-state index in [1.54, 1.807) is 0 Å². The minimum Gasteiger partial charge on any atom is -0.341 e. The van der Waals surface area contributed by atoms with Gasteiger partial charge in [0.25, 0.3) is 0 Å². The molecular formula is C16H30N2O2. The van der Waals surface area contributed by atoms with Crippen LogP contribution in [0.25, 0.3) is 0 Å². The van der Waals surface area contributed by atoms with Crippen LogP contribution in [0, 0.1) is 17.8 Å². The smallest absolute Gasteiger partial charge is 0.236 e. The molecule has 0 saturated carbocycles. The molecule has 1 rings (SSSR count). The predicted octanol–water partition coefficient (Wildman–Crippen LogP) is 2.04. The van der Waals surface area contributed by atoms with Crippen molar-refractivity contribution < 1.29 is 9.59 Å². The van der Waals surface area contributed by atoms with E-state index < -0.39 is 0 Å². The monoisotopic (exact) mass is 282 g/mol. The van der Waals surface area contributed by atoms with Crippen LogP contribution in [0.2, 0.25) is 0 Å². The first kappa shape index (κ1) is 17.2. The molecule has 1 saturated heterocycles. The van der Waals surface area contributed by atoms with Crippen LogP contribution in [0.5, 0.6) is 0 Å². The summed E-state index contributed by atoms with van der Waals surface area (Å²) in [5, 5.41) is 0. The highest BCUT2D eigenvalue weighted by Gasteiger charge is 2.23. The number of hydrogen-bond donors (Lipinski definition) is 0. The van der Waals surface area contributed by atoms with Gasteiger partial charge in [-0.3, -0.25) is 9.69 Å². The number of amides is 1. The molecule has 4 nitrogen and oxygen atoms in total. The van der Waals surface area contributed by atoms with Gasteiger partial charge in [0, 0.05) is 19.0 Å². The highest BCUT2D eigenvalue weighted by atomic mass is 16.2. The van der Waals surface area contributed by atoms with Crippen molar-refractivity contribution in [2.75, 3.05) is 32.7 Å². The lowest BCUT2D eigenvalue weighted by molar-refractivity contribution is -0.133. The normalized spacial score (nSPS) is 17.7. The molecule has 0 spiro atoms. The fourth-order valence-electron chi connectivity index (χ4n) is 2.70. The van der Waals surface area contributed by atoms with Crippen LogP contribution < -0.4 is 0 Å². The van der Waals surface area contributed by atoms with Gasteiger partial charge in [-0.25, -0.2) is 0 Å². The van der Waals surface area contributed by atoms with Crippen molar-refractivity contribution >= 4 is 12.2 Å². The third kappa shape index (κ3) is 6.04. The summed E-state index contributed by atoms with van der Waals surface area (Å²) in [6, 6.07) is 0. The number of nitrogens with zero attached hydrogens (tertiary/aromatic N) is 2. The summed E-state index contributed by atoms with van der Waals surface area (Å²) in [6.45, 7) is 12.5. The molecule has 1 aliphatic heterocycles. The number of likely N-dealkylation sites (tertiary alicyclic amines) is 1. The number of rotatable bonds is 7. The van der Waals surface area contributed by atoms with E-state index >= 15 is 0 Å². The van der Waals surface area contributed by atoms with E-state index in [9.17, 15) is 9.59 Å². The van der Waals surface area contributed by atoms with Crippen molar-refractivity contribution in [1.29, 1.82) is 0 Å². The standard InChI is InChI=1S/C16H30N2O2/c1-13(2)9-18(10-14(3)4)16(20)11-17-7-5-15(12-19)6-8-17/h12-15H,5-11H2,1-4H3. The lowest BCUT2D eigenvalue weighted by atomic mass is 9.98. The highest BCUT2D eigenvalue weighted by Crippen LogP contribution is 2.15. The third-order valence-electron chi connectivity index (χ3n) is 3.71. The fourth-order valence-corrected chi connectivity index (χ4v) is 2.70. The summed E-state index contributed by atoms with van der Waals surface area (Å²) < 4.78 is 0. The molecule has 4 heteroatoms. The summed E-state index contributed by atoms with van der Waals surface area (Å²) in [5.41, 5.74) is 0. The Bertz CT molecular complexity index is 298. The number of aldehydes is 1. The molecular weight excluding hydrogens is 252 g/mol. The number of carbonyl (C=O) groups is 2. The fraction of sp³-hybridized carbons (Fsp3) is 0.875. The minimum absolute atomic E-state index is 0.198. The van der Waals surface area contributed by atoms with Crippen LogP contribution in [-0.4, -0.2) is 54.7 Å². The molecule has 0 aliphatic carbocycles. The molecule has 0 aromatic rings. The number of hydrogen-bond acceptors (Lipinski definition) is 3. The van der Waals surface area contributed by atoms with Crippen LogP contribution >= 0.6 is 0 Å². The van der Waals surface area contributed by atoms with Crippen molar-refractivity contribution in [3.8, 4) is 0 Å². The molecule has 1 heterocycles. The van der Waals surface area contributed by atoms with Crippen molar-refractivity contribution in [3.63, 3.8) is 0 Å². The van der Waals surface area contributed by atoms with Crippen LogP contribution in [0.4, 0.5) is 0 Å². The quantitative estimate of drug-likeness (QED) is 0.671. The van der Waals surface area contributed by atoms with Gasteiger partial charge >= 0.3 is 0 Å². The molecule has 116 valence electrons. The summed E-state index contributed by atoms with van der Waals surface area (Å²) in [4.78, 5) is 27.4. The third-order valence-corrected chi connectivity index (χ3v) is 3.71. The zero-order valence-electron chi connectivity index (χ0n) is 13.5. The van der Waals surface area contributed by atoms with E-state index in [4.69, 9.17) is 0 Å². The predicted molar refractivity (Wildman–Crippen MR) is 81.5 cm³/mol. The Kier molecular flexibility index (Phi) is 7.20. The maximum Gasteiger partial charge on any atom is 0.236 e. The lowest BCUT2D eigenvalue weighted by Gasteiger charge is -2.32. The second kappa shape index (κ2) is 8.40. The molecule has 0 N–H and O–H groups in total. The van der Waals surface area contributed by atoms with Gasteiger partial charge in [-0.1, -0.05) is 27.7 Å². The Morgan fingerprint density at radius 3 is 2.05 bits per heavy atom. The van der Waals surface area contributed by atoms with Gasteiger partial charge in [0.05, 0.1) is 6.54 Å². The Balaban J connectivity index is 2.46. The Labute approximate surface area is 123 Å². The van der Waals surface area contributed by atoms with E-state index in [-0.39, 0.29) is 11.8 Å². The molecule has 0 bridgehead atoms.